The van der Waals surface area contributed by atoms with E-state index in [-0.39, 0.29) is 11.1 Å². The van der Waals surface area contributed by atoms with Gasteiger partial charge in [0, 0.05) is 23.5 Å². The first kappa shape index (κ1) is 22.0. The number of Topliss-reactive ketones (excluding diaryl/α,β-unsaturated/α-hetero) is 1. The van der Waals surface area contributed by atoms with Gasteiger partial charge in [-0.3, -0.25) is 4.79 Å². The zero-order valence-electron chi connectivity index (χ0n) is 16.8. The van der Waals surface area contributed by atoms with Crippen molar-refractivity contribution in [3.63, 3.8) is 0 Å². The first-order valence-corrected chi connectivity index (χ1v) is 9.18. The molecule has 0 N–H and O–H groups in total. The van der Waals surface area contributed by atoms with Crippen LogP contribution in [0.3, 0.4) is 0 Å². The van der Waals surface area contributed by atoms with Crippen molar-refractivity contribution in [2.75, 3.05) is 0 Å². The molecule has 29 heavy (non-hydrogen) atoms. The smallest absolute Gasteiger partial charge is 0.349 e. The lowest BCUT2D eigenvalue weighted by atomic mass is 10.1. The van der Waals surface area contributed by atoms with Crippen molar-refractivity contribution in [3.8, 4) is 6.07 Å². The molecule has 1 atom stereocenters. The quantitative estimate of drug-likeness (QED) is 0.297. The molecule has 1 unspecified atom stereocenters. The van der Waals surface area contributed by atoms with Crippen LogP contribution in [0, 0.1) is 36.8 Å². The van der Waals surface area contributed by atoms with Gasteiger partial charge in [0.2, 0.25) is 5.78 Å². The number of ether oxygens (including phenoxy) is 1. The van der Waals surface area contributed by atoms with Gasteiger partial charge in [0.1, 0.15) is 11.6 Å². The minimum atomic E-state index is -1.27. The second kappa shape index (κ2) is 9.28. The number of esters is 1. The number of carbonyl (C=O) groups is 2. The van der Waals surface area contributed by atoms with Gasteiger partial charge in [0.05, 0.1) is 0 Å². The highest BCUT2D eigenvalue weighted by Crippen LogP contribution is 2.20. The molecule has 0 saturated carbocycles. The number of aromatic nitrogens is 1. The third-order valence-corrected chi connectivity index (χ3v) is 4.56. The summed E-state index contributed by atoms with van der Waals surface area (Å²) in [5, 5.41) is 9.36. The Morgan fingerprint density at radius 1 is 1.24 bits per heavy atom. The van der Waals surface area contributed by atoms with E-state index >= 15 is 0 Å². The number of carbonyl (C=O) groups excluding carboxylic acids is 2. The molecule has 1 aromatic heterocycles. The van der Waals surface area contributed by atoms with Gasteiger partial charge in [0.25, 0.3) is 0 Å². The number of nitrogens with zero attached hydrogens (tertiary/aromatic N) is 2. The molecule has 152 valence electrons. The summed E-state index contributed by atoms with van der Waals surface area (Å²) in [6.45, 7) is 8.01. The van der Waals surface area contributed by atoms with E-state index in [0.29, 0.717) is 5.56 Å². The lowest BCUT2D eigenvalue weighted by molar-refractivity contribution is -0.141. The summed E-state index contributed by atoms with van der Waals surface area (Å²) in [5.41, 5.74) is 2.24. The summed E-state index contributed by atoms with van der Waals surface area (Å²) in [5.74, 6) is -3.91. The number of halogens is 2. The van der Waals surface area contributed by atoms with E-state index < -0.39 is 29.5 Å². The molecule has 1 aromatic carbocycles. The van der Waals surface area contributed by atoms with Crippen molar-refractivity contribution < 1.29 is 23.1 Å². The number of aryl methyl sites for hydroxylation is 1. The predicted octanol–water partition coefficient (Wildman–Crippen LogP) is 4.51. The zero-order valence-corrected chi connectivity index (χ0v) is 16.8. The molecule has 0 aliphatic rings. The molecule has 0 saturated heterocycles. The average molecular weight is 400 g/mol. The Kier molecular flexibility index (Phi) is 7.05. The van der Waals surface area contributed by atoms with Crippen molar-refractivity contribution in [1.29, 1.82) is 5.26 Å². The summed E-state index contributed by atoms with van der Waals surface area (Å²) in [6.07, 6.45) is 1.10. The van der Waals surface area contributed by atoms with E-state index in [9.17, 15) is 23.6 Å². The summed E-state index contributed by atoms with van der Waals surface area (Å²) in [4.78, 5) is 24.7. The molecule has 0 spiro atoms. The van der Waals surface area contributed by atoms with Crippen LogP contribution in [0.25, 0.3) is 6.08 Å². The number of nitriles is 1. The van der Waals surface area contributed by atoms with Crippen LogP contribution in [0.5, 0.6) is 0 Å². The molecule has 2 rings (SSSR count). The van der Waals surface area contributed by atoms with Gasteiger partial charge in [-0.2, -0.15) is 5.26 Å². The van der Waals surface area contributed by atoms with Crippen molar-refractivity contribution in [1.82, 2.24) is 4.57 Å². The first-order chi connectivity index (χ1) is 13.7. The minimum absolute atomic E-state index is 0.130. The van der Waals surface area contributed by atoms with Crippen LogP contribution in [0.15, 0.2) is 29.8 Å². The number of benzene rings is 1. The molecule has 2 aromatic rings. The summed E-state index contributed by atoms with van der Waals surface area (Å²) < 4.78 is 33.5. The molecule has 0 fully saturated rings. The highest BCUT2D eigenvalue weighted by Gasteiger charge is 2.23. The van der Waals surface area contributed by atoms with E-state index in [1.165, 1.54) is 13.0 Å². The zero-order chi connectivity index (χ0) is 21.7. The lowest BCUT2D eigenvalue weighted by Crippen LogP contribution is -2.25. The van der Waals surface area contributed by atoms with Crippen LogP contribution in [0.4, 0.5) is 8.78 Å². The fourth-order valence-electron chi connectivity index (χ4n) is 3.00. The van der Waals surface area contributed by atoms with Gasteiger partial charge in [-0.1, -0.05) is 6.92 Å². The van der Waals surface area contributed by atoms with Crippen LogP contribution in [-0.2, 0) is 16.1 Å². The Morgan fingerprint density at radius 2 is 1.93 bits per heavy atom. The Labute approximate surface area is 168 Å². The summed E-state index contributed by atoms with van der Waals surface area (Å²) in [6, 6.07) is 6.33. The molecular weight excluding hydrogens is 378 g/mol. The molecule has 0 radical (unpaired) electrons. The summed E-state index contributed by atoms with van der Waals surface area (Å²) in [7, 11) is 0. The van der Waals surface area contributed by atoms with E-state index in [2.05, 4.69) is 11.5 Å². The van der Waals surface area contributed by atoms with Gasteiger partial charge in [-0.15, -0.1) is 0 Å². The third kappa shape index (κ3) is 4.96. The molecule has 0 aliphatic carbocycles. The predicted molar refractivity (Wildman–Crippen MR) is 104 cm³/mol. The highest BCUT2D eigenvalue weighted by atomic mass is 19.2. The second-order valence-electron chi connectivity index (χ2n) is 6.69. The van der Waals surface area contributed by atoms with Gasteiger partial charge in [-0.25, -0.2) is 13.6 Å². The van der Waals surface area contributed by atoms with Crippen molar-refractivity contribution in [2.24, 2.45) is 0 Å². The molecule has 0 aliphatic heterocycles. The second-order valence-corrected chi connectivity index (χ2v) is 6.69. The topological polar surface area (TPSA) is 72.1 Å². The average Bonchev–Trinajstić information content (AvgIpc) is 2.95. The normalized spacial score (nSPS) is 12.4. The Morgan fingerprint density at radius 3 is 2.52 bits per heavy atom. The van der Waals surface area contributed by atoms with Crippen LogP contribution < -0.4 is 0 Å². The first-order valence-electron chi connectivity index (χ1n) is 9.18. The maximum absolute atomic E-state index is 13.3. The van der Waals surface area contributed by atoms with Gasteiger partial charge in [-0.05, 0) is 63.1 Å². The maximum atomic E-state index is 13.3. The fraction of sp³-hybridized carbons (Fsp3) is 0.318. The largest absolute Gasteiger partial charge is 0.450 e. The third-order valence-electron chi connectivity index (χ3n) is 4.56. The van der Waals surface area contributed by atoms with Gasteiger partial charge >= 0.3 is 5.97 Å². The van der Waals surface area contributed by atoms with E-state index in [0.717, 1.165) is 42.6 Å². The minimum Gasteiger partial charge on any atom is -0.450 e. The van der Waals surface area contributed by atoms with E-state index in [1.807, 2.05) is 19.9 Å². The molecule has 7 heteroatoms. The highest BCUT2D eigenvalue weighted by molar-refractivity contribution is 6.03. The molecule has 0 amide bonds. The fourth-order valence-corrected chi connectivity index (χ4v) is 3.00. The van der Waals surface area contributed by atoms with Crippen LogP contribution in [0.1, 0.15) is 47.6 Å². The maximum Gasteiger partial charge on any atom is 0.349 e. The van der Waals surface area contributed by atoms with Gasteiger partial charge < -0.3 is 9.30 Å². The molecule has 0 bridgehead atoms. The van der Waals surface area contributed by atoms with Crippen LogP contribution >= 0.6 is 0 Å². The lowest BCUT2D eigenvalue weighted by Gasteiger charge is -2.12. The Balaban J connectivity index is 2.20. The number of hydrogen-bond donors (Lipinski definition) is 0. The number of hydrogen-bond acceptors (Lipinski definition) is 4. The van der Waals surface area contributed by atoms with Crippen LogP contribution in [0.2, 0.25) is 0 Å². The SMILES string of the molecule is CCCn1c(C)cc(/C=C(\C#N)C(=O)OC(C)C(=O)c2ccc(F)c(F)c2)c1C. The monoisotopic (exact) mass is 400 g/mol. The number of rotatable bonds is 7. The molecule has 1 heterocycles. The Hall–Kier alpha value is -3.27. The van der Waals surface area contributed by atoms with E-state index in [1.54, 1.807) is 6.07 Å². The van der Waals surface area contributed by atoms with Crippen molar-refractivity contribution >= 4 is 17.8 Å². The molecule has 5 nitrogen and oxygen atoms in total. The van der Waals surface area contributed by atoms with Crippen molar-refractivity contribution in [3.05, 3.63) is 64.0 Å². The Bertz CT molecular complexity index is 1020. The van der Waals surface area contributed by atoms with E-state index in [4.69, 9.17) is 4.74 Å². The van der Waals surface area contributed by atoms with Crippen LogP contribution in [-0.4, -0.2) is 22.4 Å². The number of ketones is 1. The van der Waals surface area contributed by atoms with Crippen molar-refractivity contribution in [2.45, 2.75) is 46.8 Å². The standard InChI is InChI=1S/C22H22F2N2O3/c1-5-8-26-13(2)9-17(14(26)3)10-18(12-25)22(28)29-15(4)21(27)16-6-7-19(23)20(24)11-16/h6-7,9-11,15H,5,8H2,1-4H3/b18-10+. The van der Waals surface area contributed by atoms with Gasteiger partial charge in [0.15, 0.2) is 17.7 Å². The molecular formula is C22H22F2N2O3. The summed E-state index contributed by atoms with van der Waals surface area (Å²) >= 11 is 0.